The molecule has 16 heteroatoms. The van der Waals surface area contributed by atoms with Crippen LogP contribution in [-0.2, 0) is 21.1 Å². The number of thioether (sulfide) groups is 2. The molecule has 2 heterocycles. The number of benzene rings is 4. The topological polar surface area (TPSA) is 218 Å². The monoisotopic (exact) mass is 794 g/mol. The molecule has 272 valence electrons. The summed E-state index contributed by atoms with van der Waals surface area (Å²) in [6.07, 6.45) is 2.74. The van der Waals surface area contributed by atoms with Crippen LogP contribution >= 0.6 is 46.2 Å². The highest BCUT2D eigenvalue weighted by atomic mass is 32.2. The number of carbonyl (C=O) groups excluding carboxylic acids is 2. The Morgan fingerprint density at radius 2 is 1.11 bits per heavy atom. The molecule has 6 rings (SSSR count). The summed E-state index contributed by atoms with van der Waals surface area (Å²) in [5.74, 6) is -0.188. The highest BCUT2D eigenvalue weighted by Gasteiger charge is 2.15. The number of hydrogen-bond acceptors (Lipinski definition) is 14. The Balaban J connectivity index is 0.000000208. The summed E-state index contributed by atoms with van der Waals surface area (Å²) >= 11 is 6.13. The Morgan fingerprint density at radius 1 is 0.722 bits per heavy atom. The molecule has 0 bridgehead atoms. The third-order valence-electron chi connectivity index (χ3n) is 7.44. The van der Waals surface area contributed by atoms with E-state index in [0.29, 0.717) is 33.8 Å². The van der Waals surface area contributed by atoms with E-state index in [-0.39, 0.29) is 34.1 Å². The molecular formula is C38H30N6O6S4. The Morgan fingerprint density at radius 3 is 1.44 bits per heavy atom. The van der Waals surface area contributed by atoms with Crippen LogP contribution in [0.4, 0.5) is 0 Å². The minimum Gasteiger partial charge on any atom is -0.504 e. The van der Waals surface area contributed by atoms with E-state index in [0.717, 1.165) is 29.1 Å². The fraction of sp³-hybridized carbons (Fsp3) is 0.105. The maximum Gasteiger partial charge on any atom is 0.259 e. The Hall–Kier alpha value is -6.04. The zero-order valence-electron chi connectivity index (χ0n) is 28.6. The fourth-order valence-corrected chi connectivity index (χ4v) is 8.91. The van der Waals surface area contributed by atoms with Crippen molar-refractivity contribution in [2.75, 3.05) is 14.2 Å². The molecule has 0 fully saturated rings. The van der Waals surface area contributed by atoms with E-state index in [9.17, 15) is 19.8 Å². The zero-order chi connectivity index (χ0) is 38.8. The summed E-state index contributed by atoms with van der Waals surface area (Å²) in [4.78, 5) is 31.7. The van der Waals surface area contributed by atoms with Gasteiger partial charge in [-0.15, -0.1) is 22.7 Å². The second-order valence-electron chi connectivity index (χ2n) is 11.0. The van der Waals surface area contributed by atoms with Gasteiger partial charge in [-0.3, -0.25) is 9.59 Å². The lowest BCUT2D eigenvalue weighted by atomic mass is 10.1. The van der Waals surface area contributed by atoms with Crippen molar-refractivity contribution in [2.45, 2.75) is 20.2 Å². The summed E-state index contributed by atoms with van der Waals surface area (Å²) in [6.45, 7) is 0. The molecule has 12 nitrogen and oxygen atoms in total. The SMILES string of the molecule is COc1cc(/C=C(\C#N)C(N)=O)cc(CSc2nc3ccccc3s2)c1O.COc1cc(/C=C(\C#N)C(N)=O)cc(CSc2nc3ccccc3s2)c1O. The lowest BCUT2D eigenvalue weighted by Gasteiger charge is -2.10. The van der Waals surface area contributed by atoms with Gasteiger partial charge < -0.3 is 31.2 Å². The van der Waals surface area contributed by atoms with Gasteiger partial charge in [0.15, 0.2) is 31.7 Å². The lowest BCUT2D eigenvalue weighted by molar-refractivity contribution is -0.115. The predicted molar refractivity (Wildman–Crippen MR) is 213 cm³/mol. The van der Waals surface area contributed by atoms with Crippen molar-refractivity contribution >= 4 is 90.6 Å². The van der Waals surface area contributed by atoms with Crippen molar-refractivity contribution in [1.82, 2.24) is 9.97 Å². The first-order valence-corrected chi connectivity index (χ1v) is 19.2. The number of rotatable bonds is 12. The first kappa shape index (κ1) is 39.2. The number of ether oxygens (including phenoxy) is 2. The van der Waals surface area contributed by atoms with E-state index in [1.54, 1.807) is 59.1 Å². The molecule has 0 aliphatic carbocycles. The molecule has 0 saturated carbocycles. The molecular weight excluding hydrogens is 765 g/mol. The molecule has 0 atom stereocenters. The van der Waals surface area contributed by atoms with Crippen LogP contribution in [-0.4, -0.2) is 46.2 Å². The molecule has 2 amide bonds. The van der Waals surface area contributed by atoms with Crippen molar-refractivity contribution in [3.8, 4) is 35.1 Å². The number of methoxy groups -OCH3 is 2. The van der Waals surface area contributed by atoms with Gasteiger partial charge in [-0.2, -0.15) is 10.5 Å². The van der Waals surface area contributed by atoms with Crippen LogP contribution in [0.2, 0.25) is 0 Å². The molecule has 4 aromatic carbocycles. The fourth-order valence-electron chi connectivity index (χ4n) is 4.83. The van der Waals surface area contributed by atoms with Gasteiger partial charge in [-0.25, -0.2) is 9.97 Å². The number of nitrogens with two attached hydrogens (primary N) is 2. The first-order chi connectivity index (χ1) is 26.0. The number of fused-ring (bicyclic) bond motifs is 2. The molecule has 0 aliphatic rings. The molecule has 6 N–H and O–H groups in total. The van der Waals surface area contributed by atoms with Gasteiger partial charge in [0, 0.05) is 22.6 Å². The Bertz CT molecular complexity index is 2270. The van der Waals surface area contributed by atoms with Gasteiger partial charge in [-0.05, 0) is 71.8 Å². The number of phenols is 2. The van der Waals surface area contributed by atoms with Gasteiger partial charge in [-0.1, -0.05) is 47.8 Å². The summed E-state index contributed by atoms with van der Waals surface area (Å²) in [6, 6.07) is 25.7. The van der Waals surface area contributed by atoms with E-state index in [4.69, 9.17) is 31.5 Å². The van der Waals surface area contributed by atoms with Crippen LogP contribution in [0.25, 0.3) is 32.6 Å². The largest absolute Gasteiger partial charge is 0.504 e. The van der Waals surface area contributed by atoms with E-state index >= 15 is 0 Å². The first-order valence-electron chi connectivity index (χ1n) is 15.6. The van der Waals surface area contributed by atoms with Crippen molar-refractivity contribution in [1.29, 1.82) is 10.5 Å². The normalized spacial score (nSPS) is 11.3. The minimum atomic E-state index is -0.810. The van der Waals surface area contributed by atoms with E-state index in [2.05, 4.69) is 9.97 Å². The number of aromatic nitrogens is 2. The summed E-state index contributed by atoms with van der Waals surface area (Å²) < 4.78 is 14.4. The van der Waals surface area contributed by atoms with Crippen molar-refractivity contribution in [3.05, 3.63) is 106 Å². The molecule has 0 saturated heterocycles. The summed E-state index contributed by atoms with van der Waals surface area (Å²) in [7, 11) is 2.87. The van der Waals surface area contributed by atoms with Gasteiger partial charge >= 0.3 is 0 Å². The van der Waals surface area contributed by atoms with Crippen LogP contribution in [0.3, 0.4) is 0 Å². The van der Waals surface area contributed by atoms with Crippen LogP contribution in [0.15, 0.2) is 92.6 Å². The van der Waals surface area contributed by atoms with Crippen LogP contribution in [0.1, 0.15) is 22.3 Å². The molecule has 2 aromatic heterocycles. The van der Waals surface area contributed by atoms with Crippen molar-refractivity contribution in [2.24, 2.45) is 11.5 Å². The number of phenolic OH excluding ortho intramolecular Hbond substituents is 2. The van der Waals surface area contributed by atoms with Crippen molar-refractivity contribution < 1.29 is 29.3 Å². The molecule has 54 heavy (non-hydrogen) atoms. The molecule has 0 unspecified atom stereocenters. The number of nitrogens with zero attached hydrogens (tertiary/aromatic N) is 4. The Kier molecular flexibility index (Phi) is 13.2. The quantitative estimate of drug-likeness (QED) is 0.0542. The average Bonchev–Trinajstić information content (AvgIpc) is 3.79. The molecule has 0 spiro atoms. The van der Waals surface area contributed by atoms with E-state index < -0.39 is 11.8 Å². The minimum absolute atomic E-state index is 0.0147. The number of carbonyl (C=O) groups is 2. The highest BCUT2D eigenvalue weighted by Crippen LogP contribution is 2.39. The summed E-state index contributed by atoms with van der Waals surface area (Å²) in [5.41, 5.74) is 14.2. The average molecular weight is 795 g/mol. The third kappa shape index (κ3) is 9.68. The van der Waals surface area contributed by atoms with Crippen LogP contribution in [0, 0.1) is 22.7 Å². The number of para-hydroxylation sites is 2. The number of aromatic hydroxyl groups is 2. The lowest BCUT2D eigenvalue weighted by Crippen LogP contribution is -2.12. The maximum atomic E-state index is 11.3. The second-order valence-corrected chi connectivity index (χ2v) is 15.5. The number of hydrogen-bond donors (Lipinski definition) is 4. The van der Waals surface area contributed by atoms with Gasteiger partial charge in [0.1, 0.15) is 23.3 Å². The van der Waals surface area contributed by atoms with E-state index in [1.165, 1.54) is 49.9 Å². The highest BCUT2D eigenvalue weighted by molar-refractivity contribution is 8.00. The predicted octanol–water partition coefficient (Wildman–Crippen LogP) is 7.39. The standard InChI is InChI=1S/2C19H15N3O3S2/c2*1-25-15-8-11(6-12(9-20)18(21)24)7-13(17(15)23)10-26-19-22-14-4-2-3-5-16(14)27-19/h2*2-8,23H,10H2,1H3,(H2,21,24)/b2*12-6+. The van der Waals surface area contributed by atoms with Crippen LogP contribution < -0.4 is 20.9 Å². The van der Waals surface area contributed by atoms with Crippen LogP contribution in [0.5, 0.6) is 23.0 Å². The smallest absolute Gasteiger partial charge is 0.259 e. The molecule has 6 aromatic rings. The number of nitriles is 2. The van der Waals surface area contributed by atoms with Crippen molar-refractivity contribution in [3.63, 3.8) is 0 Å². The number of primary amides is 2. The number of thiazole rings is 2. The molecule has 0 radical (unpaired) electrons. The third-order valence-corrected chi connectivity index (χ3v) is 11.9. The van der Waals surface area contributed by atoms with Gasteiger partial charge in [0.25, 0.3) is 11.8 Å². The second kappa shape index (κ2) is 18.1. The van der Waals surface area contributed by atoms with Gasteiger partial charge in [0.05, 0.1) is 34.7 Å². The van der Waals surface area contributed by atoms with E-state index in [1.807, 2.05) is 48.5 Å². The zero-order valence-corrected chi connectivity index (χ0v) is 31.9. The molecule has 0 aliphatic heterocycles. The Labute approximate surface area is 326 Å². The van der Waals surface area contributed by atoms with Gasteiger partial charge in [0.2, 0.25) is 0 Å². The maximum absolute atomic E-state index is 11.3. The number of amides is 2. The summed E-state index contributed by atoms with van der Waals surface area (Å²) in [5, 5.41) is 38.8.